The van der Waals surface area contributed by atoms with Crippen molar-refractivity contribution >= 4 is 17.8 Å². The van der Waals surface area contributed by atoms with Gasteiger partial charge in [-0.1, -0.05) is 0 Å². The lowest BCUT2D eigenvalue weighted by Gasteiger charge is -2.35. The van der Waals surface area contributed by atoms with Crippen LogP contribution < -0.4 is 14.2 Å². The van der Waals surface area contributed by atoms with Gasteiger partial charge >= 0.3 is 6.03 Å². The zero-order valence-electron chi connectivity index (χ0n) is 16.6. The molecule has 3 rings (SSSR count). The van der Waals surface area contributed by atoms with Crippen molar-refractivity contribution in [2.45, 2.75) is 19.4 Å². The predicted octanol–water partition coefficient (Wildman–Crippen LogP) is 0.750. The summed E-state index contributed by atoms with van der Waals surface area (Å²) < 4.78 is 16.0. The van der Waals surface area contributed by atoms with E-state index in [1.807, 2.05) is 0 Å². The number of fused-ring (bicyclic) bond motifs is 1. The molecule has 2 saturated heterocycles. The van der Waals surface area contributed by atoms with Gasteiger partial charge in [0.25, 0.3) is 5.91 Å². The SMILES string of the molecule is CCN1C(=O)[C@H]2CN(C(=O)Cc3cc(OC)c(OC)c(OC)c3)CCN2C1=O. The minimum atomic E-state index is -0.593. The lowest BCUT2D eigenvalue weighted by molar-refractivity contribution is -0.135. The maximum Gasteiger partial charge on any atom is 0.327 e. The Kier molecular flexibility index (Phi) is 5.62. The van der Waals surface area contributed by atoms with Gasteiger partial charge in [-0.3, -0.25) is 14.5 Å². The van der Waals surface area contributed by atoms with Crippen molar-refractivity contribution in [1.82, 2.24) is 14.7 Å². The Bertz CT molecular complexity index is 771. The summed E-state index contributed by atoms with van der Waals surface area (Å²) in [6.45, 7) is 3.07. The number of hydrogen-bond acceptors (Lipinski definition) is 6. The van der Waals surface area contributed by atoms with E-state index in [2.05, 4.69) is 0 Å². The lowest BCUT2D eigenvalue weighted by Crippen LogP contribution is -2.55. The highest BCUT2D eigenvalue weighted by molar-refractivity contribution is 6.04. The largest absolute Gasteiger partial charge is 0.493 e. The number of nitrogens with zero attached hydrogens (tertiary/aromatic N) is 3. The summed E-state index contributed by atoms with van der Waals surface area (Å²) in [5.41, 5.74) is 0.714. The van der Waals surface area contributed by atoms with E-state index in [1.165, 1.54) is 26.2 Å². The topological polar surface area (TPSA) is 88.6 Å². The summed E-state index contributed by atoms with van der Waals surface area (Å²) in [7, 11) is 4.55. The van der Waals surface area contributed by atoms with Crippen LogP contribution in [0.4, 0.5) is 4.79 Å². The number of methoxy groups -OCH3 is 3. The Balaban J connectivity index is 1.74. The highest BCUT2D eigenvalue weighted by Gasteiger charge is 2.47. The fourth-order valence-corrected chi connectivity index (χ4v) is 3.69. The Morgan fingerprint density at radius 3 is 2.25 bits per heavy atom. The third-order valence-corrected chi connectivity index (χ3v) is 5.16. The molecule has 152 valence electrons. The summed E-state index contributed by atoms with van der Waals surface area (Å²) in [6, 6.07) is 2.61. The first-order chi connectivity index (χ1) is 13.4. The average molecular weight is 391 g/mol. The van der Waals surface area contributed by atoms with Crippen LogP contribution in [-0.4, -0.2) is 86.1 Å². The van der Waals surface area contributed by atoms with Gasteiger partial charge in [-0.25, -0.2) is 4.79 Å². The monoisotopic (exact) mass is 391 g/mol. The molecule has 28 heavy (non-hydrogen) atoms. The molecule has 1 aromatic carbocycles. The van der Waals surface area contributed by atoms with Crippen molar-refractivity contribution in [3.8, 4) is 17.2 Å². The fraction of sp³-hybridized carbons (Fsp3) is 0.526. The molecule has 2 aliphatic heterocycles. The number of rotatable bonds is 6. The second-order valence-corrected chi connectivity index (χ2v) is 6.62. The van der Waals surface area contributed by atoms with Crippen LogP contribution in [0.1, 0.15) is 12.5 Å². The van der Waals surface area contributed by atoms with Crippen molar-refractivity contribution in [3.05, 3.63) is 17.7 Å². The Morgan fingerprint density at radius 2 is 1.71 bits per heavy atom. The van der Waals surface area contributed by atoms with E-state index in [9.17, 15) is 14.4 Å². The van der Waals surface area contributed by atoms with Gasteiger partial charge in [0.1, 0.15) is 6.04 Å². The highest BCUT2D eigenvalue weighted by Crippen LogP contribution is 2.38. The summed E-state index contributed by atoms with van der Waals surface area (Å²) in [5.74, 6) is 1.06. The quantitative estimate of drug-likeness (QED) is 0.665. The lowest BCUT2D eigenvalue weighted by atomic mass is 10.1. The molecule has 1 atom stereocenters. The van der Waals surface area contributed by atoms with E-state index in [0.717, 1.165) is 0 Å². The van der Waals surface area contributed by atoms with Crippen LogP contribution in [-0.2, 0) is 16.0 Å². The third kappa shape index (κ3) is 3.32. The first-order valence-electron chi connectivity index (χ1n) is 9.13. The van der Waals surface area contributed by atoms with E-state index in [-0.39, 0.29) is 30.8 Å². The van der Waals surface area contributed by atoms with Gasteiger partial charge in [-0.2, -0.15) is 0 Å². The molecule has 2 aliphatic rings. The van der Waals surface area contributed by atoms with Crippen LogP contribution in [0.25, 0.3) is 0 Å². The Morgan fingerprint density at radius 1 is 1.07 bits per heavy atom. The van der Waals surface area contributed by atoms with E-state index in [4.69, 9.17) is 14.2 Å². The van der Waals surface area contributed by atoms with Gasteiger partial charge in [0.2, 0.25) is 11.7 Å². The van der Waals surface area contributed by atoms with Crippen LogP contribution >= 0.6 is 0 Å². The molecule has 9 nitrogen and oxygen atoms in total. The van der Waals surface area contributed by atoms with Gasteiger partial charge in [-0.05, 0) is 24.6 Å². The van der Waals surface area contributed by atoms with Crippen molar-refractivity contribution < 1.29 is 28.6 Å². The number of urea groups is 1. The molecular weight excluding hydrogens is 366 g/mol. The normalized spacial score (nSPS) is 19.0. The molecule has 0 saturated carbocycles. The summed E-state index contributed by atoms with van der Waals surface area (Å²) in [6.07, 6.45) is 0.128. The smallest absolute Gasteiger partial charge is 0.327 e. The molecule has 0 aromatic heterocycles. The molecule has 0 radical (unpaired) electrons. The van der Waals surface area contributed by atoms with Gasteiger partial charge in [0, 0.05) is 19.6 Å². The third-order valence-electron chi connectivity index (χ3n) is 5.16. The molecule has 2 heterocycles. The molecule has 9 heteroatoms. The van der Waals surface area contributed by atoms with Crippen LogP contribution in [0.2, 0.25) is 0 Å². The number of amides is 4. The fourth-order valence-electron chi connectivity index (χ4n) is 3.69. The van der Waals surface area contributed by atoms with Crippen LogP contribution in [0.15, 0.2) is 12.1 Å². The number of ether oxygens (including phenoxy) is 3. The molecule has 0 aliphatic carbocycles. The second-order valence-electron chi connectivity index (χ2n) is 6.62. The van der Waals surface area contributed by atoms with Gasteiger partial charge in [-0.15, -0.1) is 0 Å². The number of hydrogen-bond donors (Lipinski definition) is 0. The molecule has 4 amide bonds. The number of carbonyl (C=O) groups excluding carboxylic acids is 3. The van der Waals surface area contributed by atoms with E-state index < -0.39 is 6.04 Å². The van der Waals surface area contributed by atoms with E-state index in [0.29, 0.717) is 42.4 Å². The maximum atomic E-state index is 12.8. The van der Waals surface area contributed by atoms with Crippen LogP contribution in [0.5, 0.6) is 17.2 Å². The van der Waals surface area contributed by atoms with Crippen LogP contribution in [0, 0.1) is 0 Å². The zero-order chi connectivity index (χ0) is 20.4. The van der Waals surface area contributed by atoms with Crippen molar-refractivity contribution in [3.63, 3.8) is 0 Å². The van der Waals surface area contributed by atoms with E-state index in [1.54, 1.807) is 28.9 Å². The number of carbonyl (C=O) groups is 3. The highest BCUT2D eigenvalue weighted by atomic mass is 16.5. The molecule has 0 unspecified atom stereocenters. The molecule has 1 aromatic rings. The standard InChI is InChI=1S/C19H25N3O6/c1-5-21-18(24)13-11-20(6-7-22(13)19(21)25)16(23)10-12-8-14(26-2)17(28-4)15(9-12)27-3/h8-9,13H,5-7,10-11H2,1-4H3/t13-/m1/s1. The van der Waals surface area contributed by atoms with Crippen molar-refractivity contribution in [1.29, 1.82) is 0 Å². The Hall–Kier alpha value is -2.97. The number of piperazine rings is 1. The minimum Gasteiger partial charge on any atom is -0.493 e. The number of likely N-dealkylation sites (N-methyl/N-ethyl adjacent to an activating group) is 1. The zero-order valence-corrected chi connectivity index (χ0v) is 16.6. The van der Waals surface area contributed by atoms with Crippen LogP contribution in [0.3, 0.4) is 0 Å². The molecule has 0 spiro atoms. The summed E-state index contributed by atoms with van der Waals surface area (Å²) >= 11 is 0. The van der Waals surface area contributed by atoms with Gasteiger partial charge in [0.05, 0.1) is 34.3 Å². The second kappa shape index (κ2) is 7.95. The average Bonchev–Trinajstić information content (AvgIpc) is 2.96. The predicted molar refractivity (Wildman–Crippen MR) is 99.7 cm³/mol. The summed E-state index contributed by atoms with van der Waals surface area (Å²) in [4.78, 5) is 41.9. The summed E-state index contributed by atoms with van der Waals surface area (Å²) in [5, 5.41) is 0. The first-order valence-corrected chi connectivity index (χ1v) is 9.13. The van der Waals surface area contributed by atoms with Crippen molar-refractivity contribution in [2.75, 3.05) is 47.5 Å². The number of benzene rings is 1. The maximum absolute atomic E-state index is 12.8. The van der Waals surface area contributed by atoms with Gasteiger partial charge < -0.3 is 24.0 Å². The van der Waals surface area contributed by atoms with Gasteiger partial charge in [0.15, 0.2) is 11.5 Å². The number of imide groups is 1. The molecule has 0 bridgehead atoms. The molecule has 2 fully saturated rings. The molecular formula is C19H25N3O6. The van der Waals surface area contributed by atoms with Crippen molar-refractivity contribution in [2.24, 2.45) is 0 Å². The Labute approximate surface area is 163 Å². The van der Waals surface area contributed by atoms with E-state index >= 15 is 0 Å². The molecule has 0 N–H and O–H groups in total. The minimum absolute atomic E-state index is 0.121. The first kappa shape index (κ1) is 19.8.